The minimum Gasteiger partial charge on any atom is -0.0999 e. The van der Waals surface area contributed by atoms with Crippen LogP contribution >= 0.6 is 0 Å². The van der Waals surface area contributed by atoms with Gasteiger partial charge in [-0.05, 0) is 68.4 Å². The van der Waals surface area contributed by atoms with Crippen LogP contribution in [0.3, 0.4) is 0 Å². The largest absolute Gasteiger partial charge is 0.0999 e. The van der Waals surface area contributed by atoms with Crippen molar-refractivity contribution >= 4 is 0 Å². The molecule has 2 aliphatic rings. The molecule has 2 unspecified atom stereocenters. The summed E-state index contributed by atoms with van der Waals surface area (Å²) in [7, 11) is 0. The lowest BCUT2D eigenvalue weighted by atomic mass is 9.76. The van der Waals surface area contributed by atoms with Gasteiger partial charge in [-0.15, -0.1) is 0 Å². The van der Waals surface area contributed by atoms with E-state index >= 15 is 0 Å². The molecule has 3 rings (SSSR count). The van der Waals surface area contributed by atoms with Gasteiger partial charge in [0, 0.05) is 0 Å². The van der Waals surface area contributed by atoms with Gasteiger partial charge < -0.3 is 0 Å². The summed E-state index contributed by atoms with van der Waals surface area (Å²) in [5, 5.41) is 0. The molecule has 0 spiro atoms. The van der Waals surface area contributed by atoms with Crippen LogP contribution in [-0.4, -0.2) is 0 Å². The molecule has 2 aliphatic carbocycles. The highest BCUT2D eigenvalue weighted by Gasteiger charge is 2.29. The molecule has 1 fully saturated rings. The second-order valence-corrected chi connectivity index (χ2v) is 6.03. The Balaban J connectivity index is 1.76. The van der Waals surface area contributed by atoms with Crippen LogP contribution in [0, 0.1) is 18.8 Å². The van der Waals surface area contributed by atoms with Crippen molar-refractivity contribution in [3.8, 4) is 0 Å². The minimum absolute atomic E-state index is 0.921. The number of rotatable bonds is 1. The van der Waals surface area contributed by atoms with Gasteiger partial charge in [0.25, 0.3) is 0 Å². The Hall–Kier alpha value is -1.04. The van der Waals surface area contributed by atoms with Gasteiger partial charge in [0.2, 0.25) is 0 Å². The third-order valence-corrected chi connectivity index (χ3v) is 4.71. The molecule has 0 amide bonds. The minimum atomic E-state index is 0.921. The molecule has 1 aromatic rings. The van der Waals surface area contributed by atoms with Crippen LogP contribution in [0.15, 0.2) is 30.4 Å². The lowest BCUT2D eigenvalue weighted by Crippen LogP contribution is -2.20. The van der Waals surface area contributed by atoms with Crippen LogP contribution in [0.1, 0.15) is 42.4 Å². The van der Waals surface area contributed by atoms with E-state index in [-0.39, 0.29) is 0 Å². The van der Waals surface area contributed by atoms with E-state index in [4.69, 9.17) is 0 Å². The predicted octanol–water partition coefficient (Wildman–Crippen LogP) is 4.46. The van der Waals surface area contributed by atoms with Crippen molar-refractivity contribution in [1.29, 1.82) is 0 Å². The Bertz CT molecular complexity index is 441. The van der Waals surface area contributed by atoms with Gasteiger partial charge in [0.15, 0.2) is 0 Å². The smallest absolute Gasteiger partial charge is 0.0245 e. The van der Waals surface area contributed by atoms with Crippen molar-refractivity contribution in [3.05, 3.63) is 47.0 Å². The van der Waals surface area contributed by atoms with Crippen LogP contribution in [0.25, 0.3) is 0 Å². The maximum absolute atomic E-state index is 4.16. The second kappa shape index (κ2) is 4.33. The predicted molar refractivity (Wildman–Crippen MR) is 73.2 cm³/mol. The first-order valence-corrected chi connectivity index (χ1v) is 6.97. The Morgan fingerprint density at radius 1 is 1.00 bits per heavy atom. The fraction of sp³-hybridized carbons (Fsp3) is 0.529. The van der Waals surface area contributed by atoms with E-state index in [1.807, 2.05) is 0 Å². The van der Waals surface area contributed by atoms with Gasteiger partial charge in [-0.2, -0.15) is 0 Å². The number of allylic oxidation sites excluding steroid dienone is 1. The molecule has 0 N–H and O–H groups in total. The summed E-state index contributed by atoms with van der Waals surface area (Å²) >= 11 is 0. The van der Waals surface area contributed by atoms with Crippen molar-refractivity contribution in [2.75, 3.05) is 0 Å². The molecule has 17 heavy (non-hydrogen) atoms. The van der Waals surface area contributed by atoms with E-state index in [0.717, 1.165) is 11.8 Å². The first-order chi connectivity index (χ1) is 8.22. The number of fused-ring (bicyclic) bond motifs is 1. The van der Waals surface area contributed by atoms with E-state index in [9.17, 15) is 0 Å². The summed E-state index contributed by atoms with van der Waals surface area (Å²) < 4.78 is 0. The summed E-state index contributed by atoms with van der Waals surface area (Å²) in [5.41, 5.74) is 6.13. The molecule has 1 saturated carbocycles. The van der Waals surface area contributed by atoms with Crippen LogP contribution < -0.4 is 0 Å². The van der Waals surface area contributed by atoms with Gasteiger partial charge >= 0.3 is 0 Å². The van der Waals surface area contributed by atoms with Crippen LogP contribution in [0.4, 0.5) is 0 Å². The number of hydrogen-bond donors (Lipinski definition) is 0. The zero-order valence-corrected chi connectivity index (χ0v) is 10.8. The SMILES string of the molecule is C=C1CCC(C2CCc3cc(C)ccc3C2)C1. The molecule has 0 aliphatic heterocycles. The Morgan fingerprint density at radius 3 is 2.53 bits per heavy atom. The van der Waals surface area contributed by atoms with Gasteiger partial charge in [0.05, 0.1) is 0 Å². The Morgan fingerprint density at radius 2 is 1.76 bits per heavy atom. The highest BCUT2D eigenvalue weighted by Crippen LogP contribution is 2.40. The molecule has 0 nitrogen and oxygen atoms in total. The standard InChI is InChI=1S/C17H22/c1-12-3-5-14(9-12)17-8-7-15-10-13(2)4-6-16(15)11-17/h4,6,10,14,17H,1,3,5,7-9,11H2,2H3. The monoisotopic (exact) mass is 226 g/mol. The van der Waals surface area contributed by atoms with Gasteiger partial charge in [-0.25, -0.2) is 0 Å². The molecule has 0 bridgehead atoms. The van der Waals surface area contributed by atoms with E-state index in [2.05, 4.69) is 31.7 Å². The van der Waals surface area contributed by atoms with Gasteiger partial charge in [-0.3, -0.25) is 0 Å². The van der Waals surface area contributed by atoms with Crippen molar-refractivity contribution in [2.24, 2.45) is 11.8 Å². The quantitative estimate of drug-likeness (QED) is 0.620. The summed E-state index contributed by atoms with van der Waals surface area (Å²) in [4.78, 5) is 0. The third-order valence-electron chi connectivity index (χ3n) is 4.71. The maximum atomic E-state index is 4.16. The fourth-order valence-electron chi connectivity index (χ4n) is 3.68. The molecule has 90 valence electrons. The average molecular weight is 226 g/mol. The lowest BCUT2D eigenvalue weighted by Gasteiger charge is -2.29. The molecule has 2 atom stereocenters. The third kappa shape index (κ3) is 2.18. The summed E-state index contributed by atoms with van der Waals surface area (Å²) in [5.74, 6) is 1.85. The van der Waals surface area contributed by atoms with E-state index in [1.165, 1.54) is 49.7 Å². The van der Waals surface area contributed by atoms with Crippen molar-refractivity contribution in [1.82, 2.24) is 0 Å². The average Bonchev–Trinajstić information content (AvgIpc) is 2.75. The fourth-order valence-corrected chi connectivity index (χ4v) is 3.68. The van der Waals surface area contributed by atoms with Gasteiger partial charge in [0.1, 0.15) is 0 Å². The van der Waals surface area contributed by atoms with Crippen molar-refractivity contribution < 1.29 is 0 Å². The normalized spacial score (nSPS) is 28.2. The van der Waals surface area contributed by atoms with Crippen LogP contribution in [0.2, 0.25) is 0 Å². The zero-order valence-electron chi connectivity index (χ0n) is 10.8. The molecular formula is C17H22. The highest BCUT2D eigenvalue weighted by molar-refractivity contribution is 5.34. The summed E-state index contributed by atoms with van der Waals surface area (Å²) in [6.07, 6.45) is 7.98. The first kappa shape index (κ1) is 11.1. The van der Waals surface area contributed by atoms with Crippen LogP contribution in [-0.2, 0) is 12.8 Å². The maximum Gasteiger partial charge on any atom is -0.0245 e. The van der Waals surface area contributed by atoms with E-state index < -0.39 is 0 Å². The molecule has 0 saturated heterocycles. The number of benzene rings is 1. The number of hydrogen-bond acceptors (Lipinski definition) is 0. The molecule has 1 aromatic carbocycles. The van der Waals surface area contributed by atoms with E-state index in [1.54, 1.807) is 11.1 Å². The molecule has 0 heteroatoms. The second-order valence-electron chi connectivity index (χ2n) is 6.03. The summed E-state index contributed by atoms with van der Waals surface area (Å²) in [6.45, 7) is 6.36. The molecule has 0 aromatic heterocycles. The first-order valence-electron chi connectivity index (χ1n) is 6.97. The molecular weight excluding hydrogens is 204 g/mol. The molecule has 0 heterocycles. The molecule has 0 radical (unpaired) electrons. The van der Waals surface area contributed by atoms with Gasteiger partial charge in [-0.1, -0.05) is 35.9 Å². The van der Waals surface area contributed by atoms with Crippen molar-refractivity contribution in [3.63, 3.8) is 0 Å². The van der Waals surface area contributed by atoms with Crippen LogP contribution in [0.5, 0.6) is 0 Å². The van der Waals surface area contributed by atoms with E-state index in [0.29, 0.717) is 0 Å². The summed E-state index contributed by atoms with van der Waals surface area (Å²) in [6, 6.07) is 7.02. The highest BCUT2D eigenvalue weighted by atomic mass is 14.3. The van der Waals surface area contributed by atoms with Crippen molar-refractivity contribution in [2.45, 2.75) is 45.4 Å². The zero-order chi connectivity index (χ0) is 11.8. The Labute approximate surface area is 105 Å². The number of aryl methyl sites for hydroxylation is 2. The lowest BCUT2D eigenvalue weighted by molar-refractivity contribution is 0.308. The Kier molecular flexibility index (Phi) is 2.82. The topological polar surface area (TPSA) is 0 Å².